The van der Waals surface area contributed by atoms with Gasteiger partial charge in [-0.1, -0.05) is 13.8 Å². The molecular formula is C20H26FN5O3S. The minimum atomic E-state index is -3.66. The van der Waals surface area contributed by atoms with E-state index in [4.69, 9.17) is 5.73 Å². The Balaban J connectivity index is 1.90. The van der Waals surface area contributed by atoms with Gasteiger partial charge in [0.05, 0.1) is 17.3 Å². The zero-order chi connectivity index (χ0) is 22.2. The SMILES string of the molecule is Cc1nc(N2CCN(c3ccc(F)c(S(C)(=O)=O)c3)C[C@H]2C(C)C)ncc1C(N)=O. The molecule has 2 heterocycles. The zero-order valence-electron chi connectivity index (χ0n) is 17.5. The van der Waals surface area contributed by atoms with Gasteiger partial charge in [-0.05, 0) is 31.0 Å². The van der Waals surface area contributed by atoms with Crippen molar-refractivity contribution in [1.82, 2.24) is 9.97 Å². The van der Waals surface area contributed by atoms with E-state index in [2.05, 4.69) is 28.7 Å². The molecule has 0 unspecified atom stereocenters. The third-order valence-electron chi connectivity index (χ3n) is 5.36. The van der Waals surface area contributed by atoms with Crippen molar-refractivity contribution in [3.8, 4) is 0 Å². The van der Waals surface area contributed by atoms with Crippen molar-refractivity contribution in [1.29, 1.82) is 0 Å². The summed E-state index contributed by atoms with van der Waals surface area (Å²) in [6.45, 7) is 7.64. The van der Waals surface area contributed by atoms with Crippen molar-refractivity contribution in [2.45, 2.75) is 31.7 Å². The molecule has 1 aromatic heterocycles. The molecule has 1 amide bonds. The Bertz CT molecular complexity index is 1070. The highest BCUT2D eigenvalue weighted by molar-refractivity contribution is 7.90. The van der Waals surface area contributed by atoms with Crippen LogP contribution in [-0.2, 0) is 9.84 Å². The molecule has 0 aliphatic carbocycles. The fourth-order valence-corrected chi connectivity index (χ4v) is 4.43. The maximum atomic E-state index is 14.0. The highest BCUT2D eigenvalue weighted by Gasteiger charge is 2.32. The number of halogens is 1. The standard InChI is InChI=1S/C20H26FN5O3S/c1-12(2)17-11-25(14-5-6-16(21)18(9-14)30(4,28)29)7-8-26(17)20-23-10-15(19(22)27)13(3)24-20/h5-6,9-10,12,17H,7-8,11H2,1-4H3,(H2,22,27)/t17-/m0/s1. The normalized spacial score (nSPS) is 17.5. The van der Waals surface area contributed by atoms with Gasteiger partial charge in [0.15, 0.2) is 9.84 Å². The van der Waals surface area contributed by atoms with E-state index in [-0.39, 0.29) is 22.4 Å². The lowest BCUT2D eigenvalue weighted by Crippen LogP contribution is -2.56. The molecule has 2 aromatic rings. The predicted octanol–water partition coefficient (Wildman–Crippen LogP) is 1.78. The molecular weight excluding hydrogens is 409 g/mol. The van der Waals surface area contributed by atoms with E-state index in [1.54, 1.807) is 13.0 Å². The lowest BCUT2D eigenvalue weighted by molar-refractivity contribution is 0.0999. The molecule has 0 spiro atoms. The molecule has 1 aliphatic rings. The van der Waals surface area contributed by atoms with Crippen molar-refractivity contribution in [2.75, 3.05) is 35.7 Å². The molecule has 8 nitrogen and oxygen atoms in total. The number of aryl methyl sites for hydroxylation is 1. The monoisotopic (exact) mass is 435 g/mol. The Morgan fingerprint density at radius 2 is 2.00 bits per heavy atom. The number of benzene rings is 1. The number of hydrogen-bond acceptors (Lipinski definition) is 7. The third kappa shape index (κ3) is 4.38. The van der Waals surface area contributed by atoms with Crippen LogP contribution >= 0.6 is 0 Å². The number of carbonyl (C=O) groups is 1. The Morgan fingerprint density at radius 1 is 1.30 bits per heavy atom. The van der Waals surface area contributed by atoms with Gasteiger partial charge in [-0.2, -0.15) is 0 Å². The van der Waals surface area contributed by atoms with Crippen LogP contribution in [0.25, 0.3) is 0 Å². The third-order valence-corrected chi connectivity index (χ3v) is 6.47. The van der Waals surface area contributed by atoms with Crippen LogP contribution in [0.1, 0.15) is 29.9 Å². The first-order valence-electron chi connectivity index (χ1n) is 9.63. The van der Waals surface area contributed by atoms with Gasteiger partial charge < -0.3 is 15.5 Å². The summed E-state index contributed by atoms with van der Waals surface area (Å²) in [7, 11) is -3.66. The summed E-state index contributed by atoms with van der Waals surface area (Å²) in [5.41, 5.74) is 6.81. The van der Waals surface area contributed by atoms with Crippen molar-refractivity contribution >= 4 is 27.4 Å². The molecule has 0 saturated carbocycles. The maximum Gasteiger partial charge on any atom is 0.252 e. The summed E-state index contributed by atoms with van der Waals surface area (Å²) in [4.78, 5) is 24.1. The number of nitrogens with zero attached hydrogens (tertiary/aromatic N) is 4. The van der Waals surface area contributed by atoms with Gasteiger partial charge in [-0.15, -0.1) is 0 Å². The second-order valence-corrected chi connectivity index (χ2v) is 9.86. The molecule has 1 aliphatic heterocycles. The van der Waals surface area contributed by atoms with Gasteiger partial charge in [0.2, 0.25) is 5.95 Å². The van der Waals surface area contributed by atoms with E-state index < -0.39 is 21.6 Å². The molecule has 0 radical (unpaired) electrons. The highest BCUT2D eigenvalue weighted by atomic mass is 32.2. The molecule has 1 fully saturated rings. The predicted molar refractivity (Wildman–Crippen MR) is 113 cm³/mol. The second-order valence-electron chi connectivity index (χ2n) is 7.87. The topological polar surface area (TPSA) is 109 Å². The summed E-state index contributed by atoms with van der Waals surface area (Å²) in [5, 5.41) is 0. The Morgan fingerprint density at radius 3 is 2.57 bits per heavy atom. The molecule has 30 heavy (non-hydrogen) atoms. The fraction of sp³-hybridized carbons (Fsp3) is 0.450. The molecule has 0 bridgehead atoms. The van der Waals surface area contributed by atoms with Crippen LogP contribution in [0.5, 0.6) is 0 Å². The zero-order valence-corrected chi connectivity index (χ0v) is 18.3. The van der Waals surface area contributed by atoms with E-state index in [9.17, 15) is 17.6 Å². The summed E-state index contributed by atoms with van der Waals surface area (Å²) in [6.07, 6.45) is 2.45. The molecule has 2 N–H and O–H groups in total. The summed E-state index contributed by atoms with van der Waals surface area (Å²) in [5.74, 6) is -0.560. The number of aromatic nitrogens is 2. The smallest absolute Gasteiger partial charge is 0.252 e. The highest BCUT2D eigenvalue weighted by Crippen LogP contribution is 2.28. The van der Waals surface area contributed by atoms with Crippen molar-refractivity contribution in [3.63, 3.8) is 0 Å². The van der Waals surface area contributed by atoms with Gasteiger partial charge in [0, 0.05) is 37.8 Å². The molecule has 3 rings (SSSR count). The van der Waals surface area contributed by atoms with Crippen molar-refractivity contribution in [2.24, 2.45) is 11.7 Å². The van der Waals surface area contributed by atoms with Crippen LogP contribution in [-0.4, -0.2) is 56.2 Å². The molecule has 1 aromatic carbocycles. The number of carbonyl (C=O) groups excluding carboxylic acids is 1. The number of anilines is 2. The summed E-state index contributed by atoms with van der Waals surface area (Å²) in [6, 6.07) is 4.21. The molecule has 10 heteroatoms. The average Bonchev–Trinajstić information content (AvgIpc) is 2.66. The van der Waals surface area contributed by atoms with Gasteiger partial charge >= 0.3 is 0 Å². The number of nitrogens with two attached hydrogens (primary N) is 1. The second kappa shape index (κ2) is 8.17. The van der Waals surface area contributed by atoms with E-state index >= 15 is 0 Å². The van der Waals surface area contributed by atoms with Crippen LogP contribution in [0.3, 0.4) is 0 Å². The lowest BCUT2D eigenvalue weighted by Gasteiger charge is -2.44. The first kappa shape index (κ1) is 21.9. The van der Waals surface area contributed by atoms with Crippen molar-refractivity contribution < 1.29 is 17.6 Å². The van der Waals surface area contributed by atoms with Crippen LogP contribution < -0.4 is 15.5 Å². The summed E-state index contributed by atoms with van der Waals surface area (Å²) >= 11 is 0. The number of sulfone groups is 1. The van der Waals surface area contributed by atoms with E-state index in [0.717, 1.165) is 6.26 Å². The Labute approximate surface area is 175 Å². The lowest BCUT2D eigenvalue weighted by atomic mass is 9.99. The van der Waals surface area contributed by atoms with Crippen LogP contribution in [0.2, 0.25) is 0 Å². The van der Waals surface area contributed by atoms with E-state index in [1.807, 2.05) is 4.90 Å². The first-order chi connectivity index (χ1) is 14.0. The number of primary amides is 1. The van der Waals surface area contributed by atoms with Gasteiger partial charge in [0.25, 0.3) is 5.91 Å². The minimum Gasteiger partial charge on any atom is -0.368 e. The van der Waals surface area contributed by atoms with Gasteiger partial charge in [-0.25, -0.2) is 22.8 Å². The van der Waals surface area contributed by atoms with Crippen LogP contribution in [0.4, 0.5) is 16.0 Å². The minimum absolute atomic E-state index is 0.0318. The Kier molecular flexibility index (Phi) is 5.98. The maximum absolute atomic E-state index is 14.0. The first-order valence-corrected chi connectivity index (χ1v) is 11.5. The Hall–Kier alpha value is -2.75. The molecule has 1 atom stereocenters. The summed E-state index contributed by atoms with van der Waals surface area (Å²) < 4.78 is 37.8. The van der Waals surface area contributed by atoms with E-state index in [0.29, 0.717) is 37.0 Å². The van der Waals surface area contributed by atoms with Gasteiger partial charge in [0.1, 0.15) is 10.7 Å². The quantitative estimate of drug-likeness (QED) is 0.762. The number of piperazine rings is 1. The van der Waals surface area contributed by atoms with Crippen molar-refractivity contribution in [3.05, 3.63) is 41.5 Å². The number of hydrogen-bond donors (Lipinski definition) is 1. The fourth-order valence-electron chi connectivity index (χ4n) is 3.67. The van der Waals surface area contributed by atoms with Crippen LogP contribution in [0.15, 0.2) is 29.3 Å². The van der Waals surface area contributed by atoms with Crippen LogP contribution in [0, 0.1) is 18.7 Å². The largest absolute Gasteiger partial charge is 0.368 e. The molecule has 162 valence electrons. The number of amides is 1. The van der Waals surface area contributed by atoms with Gasteiger partial charge in [-0.3, -0.25) is 4.79 Å². The van der Waals surface area contributed by atoms with E-state index in [1.165, 1.54) is 18.3 Å². The average molecular weight is 436 g/mol. The number of rotatable bonds is 5. The molecule has 1 saturated heterocycles.